The van der Waals surface area contributed by atoms with Crippen LogP contribution in [0.2, 0.25) is 5.02 Å². The lowest BCUT2D eigenvalue weighted by molar-refractivity contribution is 0.102. The van der Waals surface area contributed by atoms with E-state index in [9.17, 15) is 9.90 Å². The summed E-state index contributed by atoms with van der Waals surface area (Å²) in [7, 11) is 0. The molecule has 1 amide bonds. The van der Waals surface area contributed by atoms with Gasteiger partial charge in [-0.15, -0.1) is 0 Å². The van der Waals surface area contributed by atoms with Crippen LogP contribution >= 0.6 is 11.6 Å². The smallest absolute Gasteiger partial charge is 0.255 e. The van der Waals surface area contributed by atoms with Crippen molar-refractivity contribution in [3.63, 3.8) is 0 Å². The number of nitrogens with one attached hydrogen (secondary N) is 1. The third-order valence-corrected chi connectivity index (χ3v) is 3.18. The fourth-order valence-corrected chi connectivity index (χ4v) is 2.08. The second-order valence-electron chi connectivity index (χ2n) is 4.53. The number of phenols is 1. The topological polar surface area (TPSA) is 58.6 Å². The van der Waals surface area contributed by atoms with Gasteiger partial charge in [-0.25, -0.2) is 0 Å². The van der Waals surface area contributed by atoms with Gasteiger partial charge in [0.1, 0.15) is 11.5 Å². The molecule has 110 valence electrons. The number of hydrogen-bond donors (Lipinski definition) is 2. The Hall–Kier alpha value is -2.20. The first-order chi connectivity index (χ1) is 10.0. The summed E-state index contributed by atoms with van der Waals surface area (Å²) in [5, 5.41) is 12.8. The summed E-state index contributed by atoms with van der Waals surface area (Å²) in [4.78, 5) is 12.2. The van der Waals surface area contributed by atoms with Crippen LogP contribution in [-0.2, 0) is 0 Å². The van der Waals surface area contributed by atoms with E-state index in [-0.39, 0.29) is 17.3 Å². The maximum absolute atomic E-state index is 12.2. The third kappa shape index (κ3) is 3.67. The molecule has 2 aromatic rings. The summed E-state index contributed by atoms with van der Waals surface area (Å²) < 4.78 is 5.44. The normalized spacial score (nSPS) is 10.2. The van der Waals surface area contributed by atoms with E-state index in [0.717, 1.165) is 11.3 Å². The Labute approximate surface area is 128 Å². The van der Waals surface area contributed by atoms with Gasteiger partial charge in [-0.1, -0.05) is 11.6 Å². The lowest BCUT2D eigenvalue weighted by atomic mass is 10.1. The minimum atomic E-state index is -0.321. The van der Waals surface area contributed by atoms with E-state index in [4.69, 9.17) is 16.3 Å². The Morgan fingerprint density at radius 2 is 2.05 bits per heavy atom. The van der Waals surface area contributed by atoms with Crippen LogP contribution in [0, 0.1) is 6.92 Å². The van der Waals surface area contributed by atoms with Crippen LogP contribution in [0.25, 0.3) is 0 Å². The number of halogens is 1. The maximum Gasteiger partial charge on any atom is 0.255 e. The Balaban J connectivity index is 2.20. The number of carbonyl (C=O) groups is 1. The molecule has 2 aromatic carbocycles. The number of phenolic OH excluding ortho intramolecular Hbond substituents is 1. The molecule has 21 heavy (non-hydrogen) atoms. The average molecular weight is 306 g/mol. The number of amides is 1. The van der Waals surface area contributed by atoms with E-state index >= 15 is 0 Å². The molecule has 0 unspecified atom stereocenters. The van der Waals surface area contributed by atoms with Crippen LogP contribution in [0.5, 0.6) is 11.5 Å². The highest BCUT2D eigenvalue weighted by atomic mass is 35.5. The molecule has 5 heteroatoms. The molecule has 2 N–H and O–H groups in total. The van der Waals surface area contributed by atoms with Gasteiger partial charge in [0.15, 0.2) is 0 Å². The number of benzene rings is 2. The number of hydrogen-bond acceptors (Lipinski definition) is 3. The zero-order valence-electron chi connectivity index (χ0n) is 11.8. The van der Waals surface area contributed by atoms with Crippen LogP contribution < -0.4 is 10.1 Å². The molecule has 4 nitrogen and oxygen atoms in total. The Morgan fingerprint density at radius 1 is 1.29 bits per heavy atom. The van der Waals surface area contributed by atoms with Crippen molar-refractivity contribution < 1.29 is 14.6 Å². The van der Waals surface area contributed by atoms with Crippen molar-refractivity contribution in [3.8, 4) is 11.5 Å². The van der Waals surface area contributed by atoms with Crippen molar-refractivity contribution in [2.75, 3.05) is 11.9 Å². The lowest BCUT2D eigenvalue weighted by Gasteiger charge is -2.10. The predicted octanol–water partition coefficient (Wildman–Crippen LogP) is 4.01. The molecular formula is C16H16ClNO3. The van der Waals surface area contributed by atoms with Gasteiger partial charge in [0.05, 0.1) is 12.3 Å². The summed E-state index contributed by atoms with van der Waals surface area (Å²) >= 11 is 5.85. The largest absolute Gasteiger partial charge is 0.506 e. The molecule has 2 rings (SSSR count). The van der Waals surface area contributed by atoms with Crippen LogP contribution in [0.4, 0.5) is 5.69 Å². The fourth-order valence-electron chi connectivity index (χ4n) is 1.91. The van der Waals surface area contributed by atoms with Gasteiger partial charge in [-0.05, 0) is 55.8 Å². The number of carbonyl (C=O) groups excluding carboxylic acids is 1. The second-order valence-corrected chi connectivity index (χ2v) is 4.97. The molecule has 0 aliphatic rings. The van der Waals surface area contributed by atoms with E-state index in [1.165, 1.54) is 12.1 Å². The van der Waals surface area contributed by atoms with Crippen molar-refractivity contribution in [1.82, 2.24) is 0 Å². The predicted molar refractivity (Wildman–Crippen MR) is 83.4 cm³/mol. The summed E-state index contributed by atoms with van der Waals surface area (Å²) in [5.74, 6) is 0.397. The quantitative estimate of drug-likeness (QED) is 0.839. The van der Waals surface area contributed by atoms with E-state index < -0.39 is 0 Å². The monoisotopic (exact) mass is 305 g/mol. The average Bonchev–Trinajstić information content (AvgIpc) is 2.45. The van der Waals surface area contributed by atoms with Gasteiger partial charge in [-0.2, -0.15) is 0 Å². The summed E-state index contributed by atoms with van der Waals surface area (Å²) in [5.41, 5.74) is 1.63. The van der Waals surface area contributed by atoms with Gasteiger partial charge < -0.3 is 15.2 Å². The first-order valence-corrected chi connectivity index (χ1v) is 6.92. The maximum atomic E-state index is 12.2. The van der Waals surface area contributed by atoms with Crippen LogP contribution in [-0.4, -0.2) is 17.6 Å². The Morgan fingerprint density at radius 3 is 2.71 bits per heavy atom. The number of rotatable bonds is 4. The molecular weight excluding hydrogens is 290 g/mol. The molecule has 0 saturated carbocycles. The van der Waals surface area contributed by atoms with Crippen molar-refractivity contribution in [1.29, 1.82) is 0 Å². The van der Waals surface area contributed by atoms with Crippen molar-refractivity contribution in [2.24, 2.45) is 0 Å². The Kier molecular flexibility index (Phi) is 4.70. The molecule has 0 radical (unpaired) electrons. The van der Waals surface area contributed by atoms with E-state index in [1.54, 1.807) is 24.3 Å². The highest BCUT2D eigenvalue weighted by Crippen LogP contribution is 2.27. The zero-order valence-corrected chi connectivity index (χ0v) is 12.6. The van der Waals surface area contributed by atoms with Crippen molar-refractivity contribution in [2.45, 2.75) is 13.8 Å². The molecule has 0 spiro atoms. The van der Waals surface area contributed by atoms with Gasteiger partial charge in [-0.3, -0.25) is 4.79 Å². The fraction of sp³-hybridized carbons (Fsp3) is 0.188. The zero-order chi connectivity index (χ0) is 15.4. The Bertz CT molecular complexity index is 671. The van der Waals surface area contributed by atoms with Gasteiger partial charge in [0, 0.05) is 10.6 Å². The van der Waals surface area contributed by atoms with Gasteiger partial charge in [0.25, 0.3) is 5.91 Å². The SMILES string of the molecule is CCOc1ccc(C(=O)Nc2cc(Cl)ccc2O)cc1C. The van der Waals surface area contributed by atoms with Gasteiger partial charge >= 0.3 is 0 Å². The molecule has 0 fully saturated rings. The molecule has 0 aliphatic carbocycles. The highest BCUT2D eigenvalue weighted by Gasteiger charge is 2.11. The van der Waals surface area contributed by atoms with Crippen molar-refractivity contribution >= 4 is 23.2 Å². The van der Waals surface area contributed by atoms with Crippen LogP contribution in [0.1, 0.15) is 22.8 Å². The molecule has 0 bridgehead atoms. The standard InChI is InChI=1S/C16H16ClNO3/c1-3-21-15-7-4-11(8-10(15)2)16(20)18-13-9-12(17)5-6-14(13)19/h4-9,19H,3H2,1-2H3,(H,18,20). The van der Waals surface area contributed by atoms with E-state index in [0.29, 0.717) is 17.2 Å². The van der Waals surface area contributed by atoms with Crippen LogP contribution in [0.3, 0.4) is 0 Å². The second kappa shape index (κ2) is 6.50. The minimum Gasteiger partial charge on any atom is -0.506 e. The van der Waals surface area contributed by atoms with Gasteiger partial charge in [0.2, 0.25) is 0 Å². The van der Waals surface area contributed by atoms with Crippen molar-refractivity contribution in [3.05, 3.63) is 52.5 Å². The molecule has 0 aliphatic heterocycles. The first kappa shape index (κ1) is 15.2. The molecule has 0 atom stereocenters. The number of anilines is 1. The third-order valence-electron chi connectivity index (χ3n) is 2.94. The summed E-state index contributed by atoms with van der Waals surface area (Å²) in [6.45, 7) is 4.35. The molecule has 0 aromatic heterocycles. The number of ether oxygens (including phenoxy) is 1. The van der Waals surface area contributed by atoms with E-state index in [1.807, 2.05) is 13.8 Å². The first-order valence-electron chi connectivity index (χ1n) is 6.54. The summed E-state index contributed by atoms with van der Waals surface area (Å²) in [6, 6.07) is 9.65. The van der Waals surface area contributed by atoms with Crippen LogP contribution in [0.15, 0.2) is 36.4 Å². The lowest BCUT2D eigenvalue weighted by Crippen LogP contribution is -2.12. The highest BCUT2D eigenvalue weighted by molar-refractivity contribution is 6.31. The summed E-state index contributed by atoms with van der Waals surface area (Å²) in [6.07, 6.45) is 0. The number of aryl methyl sites for hydroxylation is 1. The minimum absolute atomic E-state index is 0.0320. The van der Waals surface area contributed by atoms with E-state index in [2.05, 4.69) is 5.32 Å². The number of aromatic hydroxyl groups is 1. The molecule has 0 heterocycles. The molecule has 0 saturated heterocycles.